The van der Waals surface area contributed by atoms with Crippen molar-refractivity contribution < 1.29 is 14.3 Å². The quantitative estimate of drug-likeness (QED) is 0.853. The molecule has 0 aromatic heterocycles. The van der Waals surface area contributed by atoms with E-state index in [1.807, 2.05) is 6.92 Å². The van der Waals surface area contributed by atoms with E-state index in [2.05, 4.69) is 5.32 Å². The topological polar surface area (TPSA) is 81.4 Å². The average Bonchev–Trinajstić information content (AvgIpc) is 2.52. The lowest BCUT2D eigenvalue weighted by Gasteiger charge is -2.15. The Morgan fingerprint density at radius 2 is 1.87 bits per heavy atom. The maximum Gasteiger partial charge on any atom is 0.251 e. The van der Waals surface area contributed by atoms with Crippen LogP contribution in [0.4, 0.5) is 0 Å². The normalized spacial score (nSPS) is 11.6. The van der Waals surface area contributed by atoms with E-state index in [-0.39, 0.29) is 12.0 Å². The number of amides is 2. The number of ether oxygens (including phenoxy) is 1. The van der Waals surface area contributed by atoms with Crippen LogP contribution in [0.1, 0.15) is 27.6 Å². The third-order valence-electron chi connectivity index (χ3n) is 3.09. The average molecular weight is 333 g/mol. The summed E-state index contributed by atoms with van der Waals surface area (Å²) in [6.45, 7) is 2.15. The van der Waals surface area contributed by atoms with E-state index in [1.54, 1.807) is 42.5 Å². The molecule has 0 radical (unpaired) electrons. The van der Waals surface area contributed by atoms with Crippen molar-refractivity contribution in [1.29, 1.82) is 0 Å². The molecule has 0 aliphatic rings. The Balaban J connectivity index is 1.91. The fraction of sp³-hybridized carbons (Fsp3) is 0.176. The van der Waals surface area contributed by atoms with E-state index in [0.717, 1.165) is 0 Å². The van der Waals surface area contributed by atoms with Crippen LogP contribution in [-0.2, 0) is 0 Å². The SMILES string of the molecule is CC(CNC(=O)c1cccc(C(N)=O)c1)Oc1cccc(Cl)c1. The van der Waals surface area contributed by atoms with Gasteiger partial charge in [0.05, 0.1) is 6.54 Å². The molecule has 0 bridgehead atoms. The van der Waals surface area contributed by atoms with Crippen molar-refractivity contribution in [1.82, 2.24) is 5.32 Å². The van der Waals surface area contributed by atoms with Gasteiger partial charge in [-0.2, -0.15) is 0 Å². The van der Waals surface area contributed by atoms with Crippen molar-refractivity contribution in [2.75, 3.05) is 6.54 Å². The molecule has 0 spiro atoms. The van der Waals surface area contributed by atoms with Crippen molar-refractivity contribution in [3.8, 4) is 5.75 Å². The zero-order valence-electron chi connectivity index (χ0n) is 12.6. The van der Waals surface area contributed by atoms with Gasteiger partial charge in [0.15, 0.2) is 0 Å². The molecule has 23 heavy (non-hydrogen) atoms. The minimum atomic E-state index is -0.572. The molecule has 0 saturated heterocycles. The van der Waals surface area contributed by atoms with Crippen molar-refractivity contribution in [2.24, 2.45) is 5.73 Å². The van der Waals surface area contributed by atoms with Crippen LogP contribution in [0.15, 0.2) is 48.5 Å². The third-order valence-corrected chi connectivity index (χ3v) is 3.33. The molecule has 1 atom stereocenters. The number of halogens is 1. The van der Waals surface area contributed by atoms with Crippen LogP contribution in [0.5, 0.6) is 5.75 Å². The summed E-state index contributed by atoms with van der Waals surface area (Å²) in [7, 11) is 0. The lowest BCUT2D eigenvalue weighted by molar-refractivity contribution is 0.0932. The Bertz CT molecular complexity index is 718. The van der Waals surface area contributed by atoms with Gasteiger partial charge in [-0.05, 0) is 43.3 Å². The third kappa shape index (κ3) is 5.00. The van der Waals surface area contributed by atoms with Crippen LogP contribution >= 0.6 is 11.6 Å². The molecule has 0 aliphatic carbocycles. The fourth-order valence-electron chi connectivity index (χ4n) is 1.97. The molecule has 0 fully saturated rings. The molecule has 3 N–H and O–H groups in total. The van der Waals surface area contributed by atoms with Gasteiger partial charge in [-0.1, -0.05) is 23.7 Å². The lowest BCUT2D eigenvalue weighted by atomic mass is 10.1. The highest BCUT2D eigenvalue weighted by Gasteiger charge is 2.11. The Morgan fingerprint density at radius 1 is 1.17 bits per heavy atom. The Labute approximate surface area is 139 Å². The molecule has 2 aromatic rings. The first-order valence-corrected chi connectivity index (χ1v) is 7.44. The summed E-state index contributed by atoms with van der Waals surface area (Å²) in [5.41, 5.74) is 5.87. The first-order chi connectivity index (χ1) is 11.0. The van der Waals surface area contributed by atoms with Gasteiger partial charge in [0.25, 0.3) is 5.91 Å². The minimum absolute atomic E-state index is 0.239. The summed E-state index contributed by atoms with van der Waals surface area (Å²) < 4.78 is 5.67. The number of carbonyl (C=O) groups excluding carboxylic acids is 2. The van der Waals surface area contributed by atoms with Crippen LogP contribution in [0.3, 0.4) is 0 Å². The molecule has 5 nitrogen and oxygen atoms in total. The fourth-order valence-corrected chi connectivity index (χ4v) is 2.15. The van der Waals surface area contributed by atoms with Crippen LogP contribution in [0.2, 0.25) is 5.02 Å². The first kappa shape index (κ1) is 16.8. The van der Waals surface area contributed by atoms with E-state index in [4.69, 9.17) is 22.1 Å². The van der Waals surface area contributed by atoms with Gasteiger partial charge in [-0.3, -0.25) is 9.59 Å². The van der Waals surface area contributed by atoms with Crippen LogP contribution in [0, 0.1) is 0 Å². The summed E-state index contributed by atoms with van der Waals surface area (Å²) in [5, 5.41) is 3.34. The Morgan fingerprint density at radius 3 is 2.57 bits per heavy atom. The van der Waals surface area contributed by atoms with Gasteiger partial charge in [0.1, 0.15) is 11.9 Å². The monoisotopic (exact) mass is 332 g/mol. The van der Waals surface area contributed by atoms with Crippen LogP contribution < -0.4 is 15.8 Å². The zero-order valence-corrected chi connectivity index (χ0v) is 13.3. The molecule has 0 aliphatic heterocycles. The summed E-state index contributed by atoms with van der Waals surface area (Å²) in [6, 6.07) is 13.3. The van der Waals surface area contributed by atoms with Crippen molar-refractivity contribution >= 4 is 23.4 Å². The summed E-state index contributed by atoms with van der Waals surface area (Å²) in [6.07, 6.45) is -0.239. The number of carbonyl (C=O) groups is 2. The van der Waals surface area contributed by atoms with Gasteiger partial charge in [0.2, 0.25) is 5.91 Å². The van der Waals surface area contributed by atoms with Gasteiger partial charge in [-0.15, -0.1) is 0 Å². The number of nitrogens with one attached hydrogen (secondary N) is 1. The standard InChI is InChI=1S/C17H17ClN2O3/c1-11(23-15-7-3-6-14(18)9-15)10-20-17(22)13-5-2-4-12(8-13)16(19)21/h2-9,11H,10H2,1H3,(H2,19,21)(H,20,22). The number of benzene rings is 2. The predicted octanol–water partition coefficient (Wildman–Crippen LogP) is 2.64. The highest BCUT2D eigenvalue weighted by molar-refractivity contribution is 6.30. The highest BCUT2D eigenvalue weighted by atomic mass is 35.5. The molecule has 6 heteroatoms. The molecule has 2 aromatic carbocycles. The Hall–Kier alpha value is -2.53. The highest BCUT2D eigenvalue weighted by Crippen LogP contribution is 2.18. The van der Waals surface area contributed by atoms with Gasteiger partial charge in [-0.25, -0.2) is 0 Å². The van der Waals surface area contributed by atoms with Crippen LogP contribution in [0.25, 0.3) is 0 Å². The van der Waals surface area contributed by atoms with E-state index >= 15 is 0 Å². The zero-order chi connectivity index (χ0) is 16.8. The van der Waals surface area contributed by atoms with Gasteiger partial charge >= 0.3 is 0 Å². The van der Waals surface area contributed by atoms with Crippen molar-refractivity contribution in [3.05, 3.63) is 64.7 Å². The second-order valence-corrected chi connectivity index (χ2v) is 5.48. The molecule has 120 valence electrons. The van der Waals surface area contributed by atoms with E-state index in [1.165, 1.54) is 6.07 Å². The van der Waals surface area contributed by atoms with E-state index in [0.29, 0.717) is 28.4 Å². The molecule has 0 heterocycles. The van der Waals surface area contributed by atoms with Crippen molar-refractivity contribution in [3.63, 3.8) is 0 Å². The second-order valence-electron chi connectivity index (χ2n) is 5.04. The number of primary amides is 1. The number of rotatable bonds is 6. The molecule has 0 saturated carbocycles. The summed E-state index contributed by atoms with van der Waals surface area (Å²) in [4.78, 5) is 23.2. The lowest BCUT2D eigenvalue weighted by Crippen LogP contribution is -2.33. The van der Waals surface area contributed by atoms with Gasteiger partial charge in [0, 0.05) is 16.1 Å². The molecule has 2 amide bonds. The van der Waals surface area contributed by atoms with Crippen LogP contribution in [-0.4, -0.2) is 24.5 Å². The largest absolute Gasteiger partial charge is 0.489 e. The molecule has 2 rings (SSSR count). The van der Waals surface area contributed by atoms with E-state index in [9.17, 15) is 9.59 Å². The number of hydrogen-bond donors (Lipinski definition) is 2. The first-order valence-electron chi connectivity index (χ1n) is 7.06. The molecular weight excluding hydrogens is 316 g/mol. The smallest absolute Gasteiger partial charge is 0.251 e. The molecule has 1 unspecified atom stereocenters. The second kappa shape index (κ2) is 7.65. The van der Waals surface area contributed by atoms with Crippen molar-refractivity contribution in [2.45, 2.75) is 13.0 Å². The predicted molar refractivity (Wildman–Crippen MR) is 88.8 cm³/mol. The number of nitrogens with two attached hydrogens (primary N) is 1. The Kier molecular flexibility index (Phi) is 5.60. The minimum Gasteiger partial charge on any atom is -0.489 e. The summed E-state index contributed by atoms with van der Waals surface area (Å²) in [5.74, 6) is -0.234. The maximum absolute atomic E-state index is 12.1. The maximum atomic E-state index is 12.1. The number of hydrogen-bond acceptors (Lipinski definition) is 3. The van der Waals surface area contributed by atoms with E-state index < -0.39 is 5.91 Å². The van der Waals surface area contributed by atoms with Gasteiger partial charge < -0.3 is 15.8 Å². The molecular formula is C17H17ClN2O3. The summed E-state index contributed by atoms with van der Waals surface area (Å²) >= 11 is 5.89.